The maximum absolute atomic E-state index is 15.4. The molecule has 6 aromatic rings. The van der Waals surface area contributed by atoms with Gasteiger partial charge in [-0.3, -0.25) is 0 Å². The molecule has 8 aliphatic heterocycles. The molecule has 0 saturated carbocycles. The third-order valence-corrected chi connectivity index (χ3v) is 37.7. The van der Waals surface area contributed by atoms with E-state index in [0.717, 1.165) is 71.3 Å². The summed E-state index contributed by atoms with van der Waals surface area (Å²) in [7, 11) is -13.8. The first kappa shape index (κ1) is 115. The van der Waals surface area contributed by atoms with Crippen molar-refractivity contribution in [3.63, 3.8) is 0 Å². The molecule has 10 N–H and O–H groups in total. The van der Waals surface area contributed by atoms with E-state index in [2.05, 4.69) is 59.8 Å². The molecule has 8 saturated heterocycles. The van der Waals surface area contributed by atoms with Gasteiger partial charge >= 0.3 is 24.1 Å². The van der Waals surface area contributed by atoms with E-state index < -0.39 is 81.9 Å². The van der Waals surface area contributed by atoms with Crippen molar-refractivity contribution in [3.05, 3.63) is 165 Å². The predicted molar refractivity (Wildman–Crippen MR) is 569 cm³/mol. The number of piperidine rings is 6. The van der Waals surface area contributed by atoms with E-state index in [1.54, 1.807) is 122 Å². The van der Waals surface area contributed by atoms with Gasteiger partial charge in [0.1, 0.15) is 0 Å². The largest absolute Gasteiger partial charge is 0.385 e. The molecule has 8 aliphatic rings. The normalized spacial score (nSPS) is 21.6. The van der Waals surface area contributed by atoms with Crippen LogP contribution in [0.2, 0.25) is 10.0 Å². The lowest BCUT2D eigenvalue weighted by molar-refractivity contribution is -0.00554. The van der Waals surface area contributed by atoms with Gasteiger partial charge in [0.2, 0.25) is 40.1 Å². The zero-order valence-corrected chi connectivity index (χ0v) is 91.6. The summed E-state index contributed by atoms with van der Waals surface area (Å²) in [5.74, 6) is -0.854. The zero-order valence-electron chi connectivity index (χ0n) is 86.8. The molecular formula is C103H154Cl2F2N16O16S4. The van der Waals surface area contributed by atoms with Gasteiger partial charge in [0, 0.05) is 184 Å². The van der Waals surface area contributed by atoms with E-state index in [0.29, 0.717) is 182 Å². The minimum Gasteiger partial charge on any atom is -0.385 e. The number of carbonyl (C=O) groups is 4. The van der Waals surface area contributed by atoms with Crippen LogP contribution in [-0.2, 0) is 67.2 Å². The number of anilines is 8. The number of aryl methyl sites for hydroxylation is 1. The van der Waals surface area contributed by atoms with E-state index in [1.807, 2.05) is 152 Å². The molecule has 0 bridgehead atoms. The number of hydrogen-bond donors (Lipinski definition) is 10. The van der Waals surface area contributed by atoms with Crippen LogP contribution in [0.25, 0.3) is 0 Å². The molecule has 8 heterocycles. The number of urea groups is 4. The van der Waals surface area contributed by atoms with Crippen LogP contribution >= 0.6 is 23.2 Å². The van der Waals surface area contributed by atoms with Gasteiger partial charge in [-0.15, -0.1) is 0 Å². The fourth-order valence-corrected chi connectivity index (χ4v) is 23.3. The van der Waals surface area contributed by atoms with Gasteiger partial charge in [-0.05, 0) is 315 Å². The molecule has 6 aromatic carbocycles. The van der Waals surface area contributed by atoms with Gasteiger partial charge in [0.25, 0.3) is 0 Å². The topological polar surface area (TPSA) is 386 Å². The summed E-state index contributed by atoms with van der Waals surface area (Å²) in [6, 6.07) is 33.5. The smallest absolute Gasteiger partial charge is 0.321 e. The minimum absolute atomic E-state index is 0.000353. The molecule has 794 valence electrons. The van der Waals surface area contributed by atoms with Crippen molar-refractivity contribution in [2.45, 2.75) is 294 Å². The number of aliphatic hydroxyl groups is 2. The SMILES string of the molecule is CC1CN(C(=O)Nc2ccc(N3CCC(O)(c4ccc(Cl)cc4)CC3)cc2)CCC1NS(=O)(=O)C(C)(C)C.CCc1c(N2C[C@@H](C)O[C@@H](C)C2)ccc(NC(=O)N2CCC(NS(=O)(=O)C(C)(C)C)CC2)c1F.Cc1c(N2C[C@@H](C)O[C@@H](C)C2)ccc(NC(=O)N2CCC(NS(=O)(=O)C(C)(C)C)CC2)c1F.Cc1cc(NC(=O)N2CCC(NS(=O)(=O)C(C)(C)C)CC2)ccc1N1CCC(O)(c2ccc(Cl)cc2)CC1. The van der Waals surface area contributed by atoms with Crippen LogP contribution in [0.4, 0.5) is 73.5 Å². The minimum atomic E-state index is -3.45. The second-order valence-corrected chi connectivity index (χ2v) is 54.3. The molecule has 8 fully saturated rings. The lowest BCUT2D eigenvalue weighted by Gasteiger charge is -2.40. The van der Waals surface area contributed by atoms with Gasteiger partial charge in [-0.25, -0.2) is 80.5 Å². The number of hydrogen-bond acceptors (Lipinski definition) is 20. The number of carbonyl (C=O) groups excluding carboxylic acids is 4. The van der Waals surface area contributed by atoms with E-state index in [9.17, 15) is 63.1 Å². The number of nitrogens with zero attached hydrogens (tertiary/aromatic N) is 8. The molecule has 8 amide bonds. The molecule has 0 spiro atoms. The summed E-state index contributed by atoms with van der Waals surface area (Å²) in [6.07, 6.45) is 7.00. The highest BCUT2D eigenvalue weighted by Crippen LogP contribution is 2.41. The van der Waals surface area contributed by atoms with E-state index in [1.165, 1.54) is 0 Å². The van der Waals surface area contributed by atoms with Crippen LogP contribution in [0.3, 0.4) is 0 Å². The molecular weight excluding hydrogens is 1950 g/mol. The predicted octanol–water partition coefficient (Wildman–Crippen LogP) is 16.8. The van der Waals surface area contributed by atoms with Crippen LogP contribution in [0.5, 0.6) is 0 Å². The van der Waals surface area contributed by atoms with Gasteiger partial charge < -0.3 is 80.2 Å². The van der Waals surface area contributed by atoms with Gasteiger partial charge in [-0.1, -0.05) is 61.3 Å². The van der Waals surface area contributed by atoms with Gasteiger partial charge in [0.05, 0.1) is 66.0 Å². The van der Waals surface area contributed by atoms with E-state index in [-0.39, 0.29) is 90.0 Å². The van der Waals surface area contributed by atoms with Crippen molar-refractivity contribution in [1.29, 1.82) is 0 Å². The second kappa shape index (κ2) is 47.4. The number of morpholine rings is 2. The first-order valence-corrected chi connectivity index (χ1v) is 56.7. The van der Waals surface area contributed by atoms with E-state index >= 15 is 8.78 Å². The Kier molecular flexibility index (Phi) is 38.0. The summed E-state index contributed by atoms with van der Waals surface area (Å²) in [5, 5.41) is 35.0. The average molecular weight is 2110 g/mol. The zero-order chi connectivity index (χ0) is 105. The summed E-state index contributed by atoms with van der Waals surface area (Å²) in [6.45, 7) is 44.8. The van der Waals surface area contributed by atoms with Crippen molar-refractivity contribution in [2.75, 3.05) is 146 Å². The third kappa shape index (κ3) is 30.0. The van der Waals surface area contributed by atoms with Crippen LogP contribution < -0.4 is 59.8 Å². The summed E-state index contributed by atoms with van der Waals surface area (Å²) in [4.78, 5) is 66.8. The molecule has 143 heavy (non-hydrogen) atoms. The lowest BCUT2D eigenvalue weighted by Crippen LogP contribution is -2.54. The van der Waals surface area contributed by atoms with Gasteiger partial charge in [0.15, 0.2) is 11.6 Å². The highest BCUT2D eigenvalue weighted by atomic mass is 35.5. The highest BCUT2D eigenvalue weighted by molar-refractivity contribution is 7.91. The fourth-order valence-electron chi connectivity index (χ4n) is 18.9. The molecule has 32 nitrogen and oxygen atoms in total. The summed E-state index contributed by atoms with van der Waals surface area (Å²) >= 11 is 12.0. The Morgan fingerprint density at radius 1 is 0.392 bits per heavy atom. The standard InChI is InChI=1S/2C28H39ClN4O4S.C24H39FN4O4S.C23H37FN4O4S/c1-20-19-33(16-13-25(20)31-38(36,37)27(2,3)4)26(34)30-23-9-11-24(12-10-23)32-17-14-28(35,15-18-32)21-5-7-22(29)8-6-21;1-20-19-24(30-26(34)33-15-11-23(12-16-33)31-38(36,37)27(2,3)4)9-10-25(20)32-17-13-28(35,14-18-32)21-5-7-22(29)8-6-21;1-7-19-21(29-14-16(2)33-17(3)15-29)9-8-20(22(19)25)26-23(30)28-12-10-18(11-13-28)27-34(31,32)24(4,5)6;1-15-13-28(14-16(2)32-15)20-8-7-19(21(24)17(20)3)25-22(29)27-11-9-18(10-12-27)26-33(30,31)23(4,5)6/h5-12,20,25,31,35H,13-19H2,1-4H3,(H,30,34);5-10,19,23,31,35H,11-18H2,1-4H3,(H,30,34);8-9,16-18,27H,7,10-15H2,1-6H3,(H,26,30);7-8,15-16,18,26H,9-14H2,1-6H3,(H,25,29)/t;;16-,17+;15-,16+. The number of rotatable bonds is 19. The second-order valence-electron chi connectivity index (χ2n) is 43.5. The Labute approximate surface area is 857 Å². The van der Waals surface area contributed by atoms with Crippen LogP contribution in [-0.4, -0.2) is 260 Å². The maximum atomic E-state index is 15.4. The van der Waals surface area contributed by atoms with Crippen molar-refractivity contribution in [3.8, 4) is 0 Å². The molecule has 14 rings (SSSR count). The monoisotopic (exact) mass is 2110 g/mol. The first-order chi connectivity index (χ1) is 66.6. The number of likely N-dealkylation sites (tertiary alicyclic amines) is 4. The quantitative estimate of drug-likeness (QED) is 0.0360. The number of nitrogens with one attached hydrogen (secondary N) is 8. The Hall–Kier alpha value is -8.48. The molecule has 6 atom stereocenters. The molecule has 0 aromatic heterocycles. The first-order valence-electron chi connectivity index (χ1n) is 50.0. The van der Waals surface area contributed by atoms with Crippen molar-refractivity contribution < 1.29 is 81.3 Å². The lowest BCUT2D eigenvalue weighted by atomic mass is 9.84. The number of ether oxygens (including phenoxy) is 2. The Balaban J connectivity index is 0.000000182. The maximum Gasteiger partial charge on any atom is 0.321 e. The Morgan fingerprint density at radius 2 is 0.720 bits per heavy atom. The molecule has 2 unspecified atom stereocenters. The molecule has 0 radical (unpaired) electrons. The van der Waals surface area contributed by atoms with Crippen LogP contribution in [0.1, 0.15) is 223 Å². The summed E-state index contributed by atoms with van der Waals surface area (Å²) < 4.78 is 149. The van der Waals surface area contributed by atoms with Crippen LogP contribution in [0.15, 0.2) is 115 Å². The number of amides is 8. The molecule has 40 heteroatoms. The Bertz CT molecular complexity index is 5820. The fraction of sp³-hybridized carbons (Fsp3) is 0.612. The third-order valence-electron chi connectivity index (χ3n) is 28.2. The van der Waals surface area contributed by atoms with E-state index in [4.69, 9.17) is 32.7 Å². The van der Waals surface area contributed by atoms with Crippen molar-refractivity contribution in [2.24, 2.45) is 5.92 Å². The van der Waals surface area contributed by atoms with Gasteiger partial charge in [-0.2, -0.15) is 0 Å². The average Bonchev–Trinajstić information content (AvgIpc) is 0.810. The summed E-state index contributed by atoms with van der Waals surface area (Å²) in [5.41, 5.74) is 7.71. The van der Waals surface area contributed by atoms with Crippen molar-refractivity contribution in [1.82, 2.24) is 38.5 Å². The molecule has 0 aliphatic carbocycles. The number of sulfonamides is 4. The number of benzene rings is 6. The Morgan fingerprint density at radius 3 is 1.10 bits per heavy atom. The van der Waals surface area contributed by atoms with Crippen molar-refractivity contribution >= 4 is 133 Å². The number of halogens is 4. The van der Waals surface area contributed by atoms with Crippen LogP contribution in [0, 0.1) is 31.4 Å². The highest BCUT2D eigenvalue weighted by Gasteiger charge is 2.43.